The first-order valence-electron chi connectivity index (χ1n) is 7.67. The Balaban J connectivity index is 4.14. The van der Waals surface area contributed by atoms with E-state index in [9.17, 15) is 9.59 Å². The lowest BCUT2D eigenvalue weighted by molar-refractivity contribution is -0.139. The Morgan fingerprint density at radius 2 is 1.85 bits per heavy atom. The van der Waals surface area contributed by atoms with Crippen LogP contribution in [-0.2, 0) is 4.79 Å². The van der Waals surface area contributed by atoms with E-state index < -0.39 is 12.0 Å². The zero-order valence-electron chi connectivity index (χ0n) is 13.2. The summed E-state index contributed by atoms with van der Waals surface area (Å²) < 4.78 is 0. The van der Waals surface area contributed by atoms with Crippen LogP contribution >= 0.6 is 0 Å². The lowest BCUT2D eigenvalue weighted by Crippen LogP contribution is -2.47. The lowest BCUT2D eigenvalue weighted by atomic mass is 9.99. The molecular weight excluding hydrogens is 256 g/mol. The number of carboxylic acid groups (broad SMARTS) is 1. The number of carbonyl (C=O) groups excluding carboxylic acids is 1. The van der Waals surface area contributed by atoms with Crippen molar-refractivity contribution in [1.82, 2.24) is 10.6 Å². The monoisotopic (exact) mass is 286 g/mol. The van der Waals surface area contributed by atoms with Gasteiger partial charge in [-0.1, -0.05) is 47.0 Å². The summed E-state index contributed by atoms with van der Waals surface area (Å²) in [6, 6.07) is -1.20. The Morgan fingerprint density at radius 1 is 1.20 bits per heavy atom. The highest BCUT2D eigenvalue weighted by Crippen LogP contribution is 2.11. The van der Waals surface area contributed by atoms with Gasteiger partial charge in [0.05, 0.1) is 0 Å². The number of carbonyl (C=O) groups is 2. The van der Waals surface area contributed by atoms with E-state index in [1.54, 1.807) is 0 Å². The molecule has 0 aliphatic heterocycles. The number of aliphatic carboxylic acids is 1. The van der Waals surface area contributed by atoms with Crippen molar-refractivity contribution in [1.29, 1.82) is 0 Å². The van der Waals surface area contributed by atoms with Crippen molar-refractivity contribution in [3.63, 3.8) is 0 Å². The second-order valence-electron chi connectivity index (χ2n) is 5.79. The van der Waals surface area contributed by atoms with Crippen molar-refractivity contribution in [3.8, 4) is 0 Å². The summed E-state index contributed by atoms with van der Waals surface area (Å²) in [5.74, 6) is -0.287. The Morgan fingerprint density at radius 3 is 2.30 bits per heavy atom. The third-order valence-electron chi connectivity index (χ3n) is 3.41. The molecule has 0 aromatic heterocycles. The van der Waals surface area contributed by atoms with Crippen LogP contribution in [0.1, 0.15) is 59.8 Å². The van der Waals surface area contributed by atoms with Gasteiger partial charge in [-0.05, 0) is 24.7 Å². The van der Waals surface area contributed by atoms with Crippen molar-refractivity contribution in [3.05, 3.63) is 0 Å². The van der Waals surface area contributed by atoms with E-state index in [1.165, 1.54) is 0 Å². The highest BCUT2D eigenvalue weighted by Gasteiger charge is 2.21. The predicted molar refractivity (Wildman–Crippen MR) is 80.7 cm³/mol. The van der Waals surface area contributed by atoms with Crippen LogP contribution in [0.5, 0.6) is 0 Å². The second kappa shape index (κ2) is 10.5. The summed E-state index contributed by atoms with van der Waals surface area (Å²) in [7, 11) is 0. The van der Waals surface area contributed by atoms with E-state index in [0.717, 1.165) is 25.7 Å². The van der Waals surface area contributed by atoms with Gasteiger partial charge in [-0.15, -0.1) is 0 Å². The first-order valence-corrected chi connectivity index (χ1v) is 7.67. The number of hydrogen-bond donors (Lipinski definition) is 3. The summed E-state index contributed by atoms with van der Waals surface area (Å²) in [6.07, 6.45) is 4.87. The molecule has 20 heavy (non-hydrogen) atoms. The number of nitrogens with one attached hydrogen (secondary N) is 2. The van der Waals surface area contributed by atoms with Crippen LogP contribution < -0.4 is 10.6 Å². The third kappa shape index (κ3) is 8.77. The van der Waals surface area contributed by atoms with Gasteiger partial charge < -0.3 is 15.7 Å². The summed E-state index contributed by atoms with van der Waals surface area (Å²) in [4.78, 5) is 22.8. The molecule has 0 bridgehead atoms. The second-order valence-corrected chi connectivity index (χ2v) is 5.79. The average molecular weight is 286 g/mol. The molecule has 5 heteroatoms. The number of unbranched alkanes of at least 4 members (excludes halogenated alkanes) is 1. The molecule has 0 fully saturated rings. The van der Waals surface area contributed by atoms with Crippen LogP contribution in [0.4, 0.5) is 4.79 Å². The molecule has 5 nitrogen and oxygen atoms in total. The van der Waals surface area contributed by atoms with E-state index in [-0.39, 0.29) is 11.9 Å². The zero-order valence-corrected chi connectivity index (χ0v) is 13.2. The number of carboxylic acids is 1. The maximum Gasteiger partial charge on any atom is 0.326 e. The van der Waals surface area contributed by atoms with E-state index in [2.05, 4.69) is 24.5 Å². The lowest BCUT2D eigenvalue weighted by Gasteiger charge is -2.19. The van der Waals surface area contributed by atoms with Crippen LogP contribution in [0.15, 0.2) is 0 Å². The summed E-state index contributed by atoms with van der Waals surface area (Å²) >= 11 is 0. The number of hydrogen-bond acceptors (Lipinski definition) is 2. The topological polar surface area (TPSA) is 78.4 Å². The van der Waals surface area contributed by atoms with Crippen molar-refractivity contribution < 1.29 is 14.7 Å². The fourth-order valence-corrected chi connectivity index (χ4v) is 2.08. The number of urea groups is 1. The Labute approximate surface area is 122 Å². The van der Waals surface area contributed by atoms with E-state index in [1.807, 2.05) is 13.8 Å². The standard InChI is InChI=1S/C15H30N2O3/c1-5-7-8-12(6-2)10-16-15(20)17-13(14(18)19)9-11(3)4/h11-13H,5-10H2,1-4H3,(H,18,19)(H2,16,17,20). The molecule has 2 atom stereocenters. The maximum absolute atomic E-state index is 11.7. The Kier molecular flexibility index (Phi) is 9.86. The Hall–Kier alpha value is -1.26. The molecule has 0 aromatic rings. The first kappa shape index (κ1) is 18.7. The molecule has 0 aliphatic rings. The molecular formula is C15H30N2O3. The van der Waals surface area contributed by atoms with Gasteiger partial charge in [-0.25, -0.2) is 9.59 Å². The van der Waals surface area contributed by atoms with Gasteiger partial charge in [0.2, 0.25) is 0 Å². The molecule has 3 N–H and O–H groups in total. The van der Waals surface area contributed by atoms with Crippen molar-refractivity contribution in [2.45, 2.75) is 65.8 Å². The van der Waals surface area contributed by atoms with Gasteiger partial charge >= 0.3 is 12.0 Å². The van der Waals surface area contributed by atoms with Crippen LogP contribution in [0.3, 0.4) is 0 Å². The fraction of sp³-hybridized carbons (Fsp3) is 0.867. The molecule has 118 valence electrons. The van der Waals surface area contributed by atoms with E-state index >= 15 is 0 Å². The van der Waals surface area contributed by atoms with Gasteiger partial charge in [0.25, 0.3) is 0 Å². The summed E-state index contributed by atoms with van der Waals surface area (Å²) in [6.45, 7) is 8.74. The molecule has 0 radical (unpaired) electrons. The largest absolute Gasteiger partial charge is 0.480 e. The van der Waals surface area contributed by atoms with Gasteiger partial charge in [0.1, 0.15) is 6.04 Å². The van der Waals surface area contributed by atoms with Crippen molar-refractivity contribution in [2.24, 2.45) is 11.8 Å². The zero-order chi connectivity index (χ0) is 15.5. The predicted octanol–water partition coefficient (Wildman–Crippen LogP) is 3.00. The smallest absolute Gasteiger partial charge is 0.326 e. The third-order valence-corrected chi connectivity index (χ3v) is 3.41. The molecule has 0 saturated carbocycles. The van der Waals surface area contributed by atoms with E-state index in [0.29, 0.717) is 18.9 Å². The van der Waals surface area contributed by atoms with Crippen LogP contribution in [0.2, 0.25) is 0 Å². The van der Waals surface area contributed by atoms with Gasteiger partial charge in [-0.2, -0.15) is 0 Å². The fourth-order valence-electron chi connectivity index (χ4n) is 2.08. The highest BCUT2D eigenvalue weighted by atomic mass is 16.4. The molecule has 0 aliphatic carbocycles. The maximum atomic E-state index is 11.7. The minimum Gasteiger partial charge on any atom is -0.480 e. The number of rotatable bonds is 10. The molecule has 0 heterocycles. The van der Waals surface area contributed by atoms with E-state index in [4.69, 9.17) is 5.11 Å². The van der Waals surface area contributed by atoms with Gasteiger partial charge in [0, 0.05) is 6.54 Å². The quantitative estimate of drug-likeness (QED) is 0.577. The van der Waals surface area contributed by atoms with Crippen molar-refractivity contribution >= 4 is 12.0 Å². The summed E-state index contributed by atoms with van der Waals surface area (Å²) in [5, 5.41) is 14.4. The average Bonchev–Trinajstić information content (AvgIpc) is 2.37. The highest BCUT2D eigenvalue weighted by molar-refractivity contribution is 5.82. The minimum absolute atomic E-state index is 0.226. The van der Waals surface area contributed by atoms with Gasteiger partial charge in [0.15, 0.2) is 0 Å². The Bertz CT molecular complexity index is 293. The first-order chi connectivity index (χ1) is 9.40. The number of amides is 2. The van der Waals surface area contributed by atoms with Crippen LogP contribution in [0, 0.1) is 11.8 Å². The minimum atomic E-state index is -0.980. The molecule has 2 amide bonds. The van der Waals surface area contributed by atoms with Gasteiger partial charge in [-0.3, -0.25) is 0 Å². The molecule has 0 aromatic carbocycles. The molecule has 0 saturated heterocycles. The molecule has 0 spiro atoms. The normalized spacial score (nSPS) is 13.8. The SMILES string of the molecule is CCCCC(CC)CNC(=O)NC(CC(C)C)C(=O)O. The van der Waals surface area contributed by atoms with Crippen LogP contribution in [-0.4, -0.2) is 29.7 Å². The summed E-state index contributed by atoms with van der Waals surface area (Å²) in [5.41, 5.74) is 0. The van der Waals surface area contributed by atoms with Crippen LogP contribution in [0.25, 0.3) is 0 Å². The molecule has 2 unspecified atom stereocenters. The molecule has 0 rings (SSSR count). The van der Waals surface area contributed by atoms with Crippen molar-refractivity contribution in [2.75, 3.05) is 6.54 Å².